The van der Waals surface area contributed by atoms with Crippen LogP contribution < -0.4 is 53.6 Å². The summed E-state index contributed by atoms with van der Waals surface area (Å²) in [7, 11) is 3.69. The van der Waals surface area contributed by atoms with Gasteiger partial charge in [-0.2, -0.15) is 0 Å². The van der Waals surface area contributed by atoms with E-state index >= 15 is 38.4 Å². The molecule has 46 heteroatoms. The minimum Gasteiger partial charge on any atom is -0.508 e. The number of ketones is 1. The Morgan fingerprint density at radius 2 is 1.04 bits per heavy atom. The molecule has 3 aromatic heterocycles. The summed E-state index contributed by atoms with van der Waals surface area (Å²) in [5.41, 5.74) is 7.99. The van der Waals surface area contributed by atoms with Crippen molar-refractivity contribution < 1.29 is 127 Å². The molecule has 9 rings (SSSR count). The lowest BCUT2D eigenvalue weighted by molar-refractivity contribution is -0.149. The van der Waals surface area contributed by atoms with E-state index in [9.17, 15) is 88.2 Å². The summed E-state index contributed by atoms with van der Waals surface area (Å²) < 4.78 is 0. The summed E-state index contributed by atoms with van der Waals surface area (Å²) in [5.74, 6) is -25.5. The molecule has 0 saturated carbocycles. The maximum absolute atomic E-state index is 15.8. The SMILES string of the molecule is CCCC[C@H]1C(=O)N(C)[C@@H](CCCC)C(=O)N[C@@H](CCC(=O)O)C(=O)N[C@H](C(=O)NCC(N)=O)CSCC(=O)N[C@@H](Cc2ccc(O)cc2)C(=O)N(C)[C@@H](C)C(=O)N[C@@H](CC(=O)O)C(=O)N2CCC[C@H]2C(=O)N[C@@H](Cc2cnc[nH]2)C(=O)N[C@@H](CCC(=O)O)C(=O)N2C[C@H](O)C[C@H]2C(=O)C[C@@H](Cc2c[nH]c3ccccc23)C(=O)N[C@@H](CCC(=O)O)C(=O)N[C@@H](Cc2c[nH]c3ccccc23)C(=O)N1C. The minimum atomic E-state index is -1.97. The number of fused-ring (bicyclic) bond motifs is 4. The summed E-state index contributed by atoms with van der Waals surface area (Å²) in [6.45, 7) is 3.14. The summed E-state index contributed by atoms with van der Waals surface area (Å²) in [4.78, 5) is 306. The van der Waals surface area contributed by atoms with Gasteiger partial charge in [0.1, 0.15) is 78.3 Å². The first-order chi connectivity index (χ1) is 65.6. The molecule has 45 nitrogen and oxygen atoms in total. The summed E-state index contributed by atoms with van der Waals surface area (Å²) in [5, 5.41) is 86.3. The Morgan fingerprint density at radius 3 is 1.62 bits per heavy atom. The third-order valence-corrected chi connectivity index (χ3v) is 25.7. The number of carbonyl (C=O) groups excluding carboxylic acids is 16. The summed E-state index contributed by atoms with van der Waals surface area (Å²) in [6, 6.07) is -2.89. The fourth-order valence-corrected chi connectivity index (χ4v) is 17.8. The number of nitrogens with one attached hydrogen (secondary N) is 12. The first kappa shape index (κ1) is 107. The highest BCUT2D eigenvalue weighted by molar-refractivity contribution is 8.00. The van der Waals surface area contributed by atoms with Gasteiger partial charge in [0.25, 0.3) is 0 Å². The number of hydrogen-bond acceptors (Lipinski definition) is 24. The number of Topliss-reactive ketones (excluding diaryl/α,β-unsaturated/α-hetero) is 1. The lowest BCUT2D eigenvalue weighted by Crippen LogP contribution is -2.60. The summed E-state index contributed by atoms with van der Waals surface area (Å²) in [6.07, 6.45) is -2.92. The number of aromatic hydroxyl groups is 1. The molecule has 0 aliphatic carbocycles. The monoisotopic (exact) mass is 1940 g/mol. The van der Waals surface area contributed by atoms with E-state index in [2.05, 4.69) is 67.8 Å². The Labute approximate surface area is 796 Å². The number of aliphatic hydroxyl groups excluding tert-OH is 1. The number of primary amides is 1. The molecule has 20 N–H and O–H groups in total. The molecule has 6 aromatic rings. The highest BCUT2D eigenvalue weighted by atomic mass is 32.2. The number of thioether (sulfide) groups is 1. The number of amides is 15. The van der Waals surface area contributed by atoms with Crippen molar-refractivity contribution in [1.29, 1.82) is 0 Å². The van der Waals surface area contributed by atoms with Crippen LogP contribution in [0.2, 0.25) is 0 Å². The third-order valence-electron chi connectivity index (χ3n) is 24.7. The van der Waals surface area contributed by atoms with Gasteiger partial charge in [0, 0.05) is 143 Å². The smallest absolute Gasteiger partial charge is 0.305 e. The van der Waals surface area contributed by atoms with Gasteiger partial charge >= 0.3 is 23.9 Å². The Morgan fingerprint density at radius 1 is 0.514 bits per heavy atom. The van der Waals surface area contributed by atoms with Crippen LogP contribution in [-0.2, 0) is 122 Å². The van der Waals surface area contributed by atoms with Crippen molar-refractivity contribution in [2.24, 2.45) is 11.7 Å². The van der Waals surface area contributed by atoms with Crippen LogP contribution in [0.4, 0.5) is 0 Å². The number of carboxylic acid groups (broad SMARTS) is 4. The molecule has 6 heterocycles. The van der Waals surface area contributed by atoms with E-state index in [0.717, 1.165) is 31.5 Å². The number of aromatic nitrogens is 4. The number of phenolic OH excluding ortho intramolecular Hbond substituents is 1. The van der Waals surface area contributed by atoms with E-state index in [1.54, 1.807) is 74.8 Å². The van der Waals surface area contributed by atoms with Gasteiger partial charge < -0.3 is 124 Å². The van der Waals surface area contributed by atoms with Gasteiger partial charge in [-0.15, -0.1) is 11.8 Å². The molecule has 0 unspecified atom stereocenters. The number of aliphatic carboxylic acids is 4. The number of para-hydroxylation sites is 2. The second-order valence-corrected chi connectivity index (χ2v) is 35.7. The number of carbonyl (C=O) groups is 20. The Hall–Kier alpha value is -14.3. The van der Waals surface area contributed by atoms with E-state index in [-0.39, 0.29) is 75.8 Å². The minimum absolute atomic E-state index is 0.0843. The number of nitrogens with two attached hydrogens (primary N) is 1. The van der Waals surface area contributed by atoms with Gasteiger partial charge in [-0.1, -0.05) is 88.1 Å². The van der Waals surface area contributed by atoms with Crippen LogP contribution in [0, 0.1) is 5.92 Å². The molecule has 0 spiro atoms. The molecule has 15 atom stereocenters. The van der Waals surface area contributed by atoms with Crippen molar-refractivity contribution in [2.75, 3.05) is 52.3 Å². The number of nitrogens with zero attached hydrogens (tertiary/aromatic N) is 6. The largest absolute Gasteiger partial charge is 0.508 e. The number of phenols is 1. The number of hydrogen-bond donors (Lipinski definition) is 19. The molecule has 3 aromatic carbocycles. The maximum Gasteiger partial charge on any atom is 0.305 e. The molecule has 0 radical (unpaired) electrons. The van der Waals surface area contributed by atoms with Crippen LogP contribution in [0.3, 0.4) is 0 Å². The average Bonchev–Trinajstić information content (AvgIpc) is 1.61. The maximum atomic E-state index is 15.8. The van der Waals surface area contributed by atoms with Gasteiger partial charge in [-0.25, -0.2) is 4.98 Å². The van der Waals surface area contributed by atoms with Crippen molar-refractivity contribution >= 4 is 152 Å². The molecule has 3 aliphatic heterocycles. The number of aromatic amines is 3. The lowest BCUT2D eigenvalue weighted by atomic mass is 9.90. The predicted molar refractivity (Wildman–Crippen MR) is 494 cm³/mol. The Balaban J connectivity index is 1.12. The van der Waals surface area contributed by atoms with Crippen LogP contribution in [0.15, 0.2) is 97.7 Å². The van der Waals surface area contributed by atoms with Gasteiger partial charge in [0.2, 0.25) is 88.6 Å². The fourth-order valence-electron chi connectivity index (χ4n) is 17.0. The molecule has 0 bridgehead atoms. The molecule has 3 saturated heterocycles. The lowest BCUT2D eigenvalue weighted by Gasteiger charge is -2.36. The quantitative estimate of drug-likeness (QED) is 0.0282. The van der Waals surface area contributed by atoms with Crippen molar-refractivity contribution in [2.45, 2.75) is 240 Å². The van der Waals surface area contributed by atoms with Gasteiger partial charge in [-0.05, 0) is 99.2 Å². The number of benzene rings is 3. The predicted octanol–water partition coefficient (Wildman–Crippen LogP) is -0.946. The molecule has 15 amide bonds. The van der Waals surface area contributed by atoms with Crippen LogP contribution in [0.5, 0.6) is 5.75 Å². The average molecular weight is 1940 g/mol. The molecule has 3 aliphatic rings. The van der Waals surface area contributed by atoms with Crippen LogP contribution in [0.1, 0.15) is 152 Å². The second-order valence-electron chi connectivity index (χ2n) is 34.7. The normalized spacial score (nSPS) is 24.5. The molecule has 3 fully saturated rings. The number of carboxylic acids is 4. The zero-order valence-electron chi connectivity index (χ0n) is 77.3. The van der Waals surface area contributed by atoms with E-state index in [1.807, 2.05) is 0 Å². The third kappa shape index (κ3) is 30.1. The van der Waals surface area contributed by atoms with Crippen LogP contribution in [0.25, 0.3) is 21.8 Å². The second kappa shape index (κ2) is 51.0. The number of H-pyrrole nitrogens is 3. The van der Waals surface area contributed by atoms with Crippen LogP contribution >= 0.6 is 11.8 Å². The molecule has 746 valence electrons. The van der Waals surface area contributed by atoms with Gasteiger partial charge in [0.05, 0.1) is 37.2 Å². The van der Waals surface area contributed by atoms with E-state index < -0.39 is 298 Å². The zero-order valence-corrected chi connectivity index (χ0v) is 78.1. The van der Waals surface area contributed by atoms with E-state index in [0.29, 0.717) is 63.1 Å². The van der Waals surface area contributed by atoms with Crippen molar-refractivity contribution in [3.63, 3.8) is 0 Å². The highest BCUT2D eigenvalue weighted by Gasteiger charge is 2.47. The first-order valence-corrected chi connectivity index (χ1v) is 46.7. The van der Waals surface area contributed by atoms with Crippen molar-refractivity contribution in [1.82, 2.24) is 92.3 Å². The number of aliphatic hydroxyl groups is 1. The first-order valence-electron chi connectivity index (χ1n) is 45.5. The molecule has 138 heavy (non-hydrogen) atoms. The van der Waals surface area contributed by atoms with E-state index in [4.69, 9.17) is 5.73 Å². The zero-order chi connectivity index (χ0) is 101. The standard InChI is InChI=1S/C92H121N19O26S/c1-7-9-20-69-86(131)101-62(28-31-77(119)120)84(129)106-68(82(127)97-44-74(93)115)46-138-47-75(116)99-65(34-50-23-25-55(112)26-24-50)88(133)107(4)49(3)80(125)104-67(40-79(123)124)91(136)110-33-15-22-70(110)87(132)103-64(38-54-43-94-48-98-54)85(130)102-63(29-32-78(121)122)90(135)111-45-56(113)39-72(111)73(114)37-51(35-52-41-95-59-18-13-11-16-57(52)59)81(126)100-61(27-30-76(117)118)83(128)105-66(36-53-42-96-60-19-14-12-17-58(53)60)89(134)109(6)71(21-10-8-2)92(137)108(69)5/h11-14,16-19,23-26,41-43,48-49,51,56,61-72,95-96,112-113H,7-10,15,20-22,27-40,44-47H2,1-6H3,(H2,93,115)(H,94,98)(H,97,127)(H,99,116)(H,100,126)(H,101,131)(H,102,130)(H,103,132)(H,104,125)(H,105,128)(H,106,129)(H,117,118)(H,119,120)(H,121,122)(H,123,124)/t49-,51+,56+,61-,62-,63-,64-,65-,66-,67-,68-,69-,70-,71-,72-/m0/s1. The molecular formula is C92H121N19O26S. The van der Waals surface area contributed by atoms with Crippen molar-refractivity contribution in [3.05, 3.63) is 120 Å². The van der Waals surface area contributed by atoms with Crippen LogP contribution in [-0.4, -0.2) is 330 Å². The highest BCUT2D eigenvalue weighted by Crippen LogP contribution is 2.30. The van der Waals surface area contributed by atoms with Gasteiger partial charge in [-0.3, -0.25) is 95.9 Å². The number of imidazole rings is 1. The van der Waals surface area contributed by atoms with Gasteiger partial charge in [0.15, 0.2) is 5.78 Å². The number of unbranched alkanes of at least 4 members (excludes halogenated alkanes) is 2. The summed E-state index contributed by atoms with van der Waals surface area (Å²) >= 11 is 0.676. The molecular weight excluding hydrogens is 1820 g/mol. The number of rotatable bonds is 28. The van der Waals surface area contributed by atoms with E-state index in [1.165, 1.54) is 57.8 Å². The van der Waals surface area contributed by atoms with Crippen molar-refractivity contribution in [3.8, 4) is 5.75 Å². The Bertz CT molecular complexity index is 5420. The topological polar surface area (TPSA) is 674 Å². The number of likely N-dealkylation sites (N-methyl/N-ethyl adjacent to an activating group) is 3. The fraction of sp³-hybridized carbons (Fsp3) is 0.511. The Kier molecular flexibility index (Phi) is 39.7.